The zero-order valence-electron chi connectivity index (χ0n) is 13.8. The predicted molar refractivity (Wildman–Crippen MR) is 96.7 cm³/mol. The molecule has 2 aromatic rings. The van der Waals surface area contributed by atoms with E-state index in [1.54, 1.807) is 0 Å². The molecular formula is C18H22N4OS. The lowest BCUT2D eigenvalue weighted by Crippen LogP contribution is -2.35. The van der Waals surface area contributed by atoms with E-state index < -0.39 is 0 Å². The first-order chi connectivity index (χ1) is 11.7. The molecule has 5 nitrogen and oxygen atoms in total. The maximum atomic E-state index is 12.1. The van der Waals surface area contributed by atoms with Gasteiger partial charge in [0.15, 0.2) is 11.0 Å². The van der Waals surface area contributed by atoms with E-state index in [-0.39, 0.29) is 11.9 Å². The molecule has 0 spiro atoms. The third-order valence-electron chi connectivity index (χ3n) is 4.11. The predicted octanol–water partition coefficient (Wildman–Crippen LogP) is 3.14. The molecule has 126 valence electrons. The second-order valence-corrected chi connectivity index (χ2v) is 7.00. The number of allylic oxidation sites excluding steroid dienone is 1. The highest BCUT2D eigenvalue weighted by Gasteiger charge is 2.28. The first-order valence-corrected chi connectivity index (χ1v) is 9.19. The Morgan fingerprint density at radius 1 is 1.42 bits per heavy atom. The summed E-state index contributed by atoms with van der Waals surface area (Å²) in [5, 5.41) is 12.4. The number of amides is 1. The summed E-state index contributed by atoms with van der Waals surface area (Å²) < 4.78 is 1.99. The second-order valence-electron chi connectivity index (χ2n) is 6.05. The number of rotatable bonds is 8. The van der Waals surface area contributed by atoms with Crippen LogP contribution in [0.5, 0.6) is 0 Å². The first-order valence-electron chi connectivity index (χ1n) is 8.20. The van der Waals surface area contributed by atoms with Crippen LogP contribution < -0.4 is 5.32 Å². The zero-order valence-corrected chi connectivity index (χ0v) is 14.6. The third-order valence-corrected chi connectivity index (χ3v) is 5.08. The summed E-state index contributed by atoms with van der Waals surface area (Å²) >= 11 is 1.41. The zero-order chi connectivity index (χ0) is 16.9. The first kappa shape index (κ1) is 16.8. The Kier molecular flexibility index (Phi) is 5.35. The minimum Gasteiger partial charge on any atom is -0.353 e. The van der Waals surface area contributed by atoms with Crippen molar-refractivity contribution in [1.82, 2.24) is 20.1 Å². The quantitative estimate of drug-likeness (QED) is 0.591. The van der Waals surface area contributed by atoms with E-state index in [1.165, 1.54) is 24.6 Å². The Bertz CT molecular complexity index is 709. The normalized spacial score (nSPS) is 15.0. The molecular weight excluding hydrogens is 320 g/mol. The van der Waals surface area contributed by atoms with Crippen molar-refractivity contribution in [3.8, 4) is 11.4 Å². The number of hydrogen-bond donors (Lipinski definition) is 1. The van der Waals surface area contributed by atoms with Crippen molar-refractivity contribution in [3.63, 3.8) is 0 Å². The number of carbonyl (C=O) groups is 1. The van der Waals surface area contributed by atoms with Crippen molar-refractivity contribution in [2.45, 2.75) is 37.5 Å². The molecule has 0 bridgehead atoms. The smallest absolute Gasteiger partial charge is 0.230 e. The number of hydrogen-bond acceptors (Lipinski definition) is 4. The molecule has 1 aromatic heterocycles. The van der Waals surface area contributed by atoms with E-state index in [0.717, 1.165) is 16.5 Å². The van der Waals surface area contributed by atoms with Gasteiger partial charge >= 0.3 is 0 Å². The van der Waals surface area contributed by atoms with Crippen molar-refractivity contribution >= 4 is 17.7 Å². The summed E-state index contributed by atoms with van der Waals surface area (Å²) in [7, 11) is 0. The molecule has 3 rings (SSSR count). The molecule has 1 N–H and O–H groups in total. The average molecular weight is 342 g/mol. The van der Waals surface area contributed by atoms with Gasteiger partial charge in [0.05, 0.1) is 5.75 Å². The fourth-order valence-corrected chi connectivity index (χ4v) is 3.39. The largest absolute Gasteiger partial charge is 0.353 e. The van der Waals surface area contributed by atoms with Gasteiger partial charge in [-0.15, -0.1) is 16.8 Å². The van der Waals surface area contributed by atoms with Crippen LogP contribution in [0.2, 0.25) is 0 Å². The molecule has 1 atom stereocenters. The molecule has 0 aliphatic heterocycles. The highest BCUT2D eigenvalue weighted by Crippen LogP contribution is 2.32. The van der Waals surface area contributed by atoms with Crippen LogP contribution in [0.4, 0.5) is 0 Å². The Labute approximate surface area is 146 Å². The Morgan fingerprint density at radius 2 is 2.17 bits per heavy atom. The molecule has 1 fully saturated rings. The highest BCUT2D eigenvalue weighted by atomic mass is 32.2. The SMILES string of the molecule is C=CCn1c(SCC(=O)N[C@H](C)C2CC2)nnc1-c1ccccc1. The molecule has 24 heavy (non-hydrogen) atoms. The Balaban J connectivity index is 1.67. The molecule has 1 heterocycles. The lowest BCUT2D eigenvalue weighted by atomic mass is 10.2. The fraction of sp³-hybridized carbons (Fsp3) is 0.389. The van der Waals surface area contributed by atoms with Crippen molar-refractivity contribution in [1.29, 1.82) is 0 Å². The van der Waals surface area contributed by atoms with Gasteiger partial charge in [0.25, 0.3) is 0 Å². The summed E-state index contributed by atoms with van der Waals surface area (Å²) in [6, 6.07) is 10.2. The maximum Gasteiger partial charge on any atom is 0.230 e. The molecule has 0 saturated heterocycles. The van der Waals surface area contributed by atoms with E-state index in [0.29, 0.717) is 18.2 Å². The van der Waals surface area contributed by atoms with E-state index in [9.17, 15) is 4.79 Å². The van der Waals surface area contributed by atoms with Crippen molar-refractivity contribution in [2.75, 3.05) is 5.75 Å². The van der Waals surface area contributed by atoms with Crippen LogP contribution in [0, 0.1) is 5.92 Å². The molecule has 6 heteroatoms. The molecule has 1 aliphatic rings. The molecule has 0 radical (unpaired) electrons. The fourth-order valence-electron chi connectivity index (χ4n) is 2.63. The van der Waals surface area contributed by atoms with E-state index in [1.807, 2.05) is 41.0 Å². The van der Waals surface area contributed by atoms with E-state index in [4.69, 9.17) is 0 Å². The number of carbonyl (C=O) groups excluding carboxylic acids is 1. The van der Waals surface area contributed by atoms with Crippen LogP contribution in [0.3, 0.4) is 0 Å². The lowest BCUT2D eigenvalue weighted by molar-refractivity contribution is -0.119. The van der Waals surface area contributed by atoms with Gasteiger partial charge in [-0.25, -0.2) is 0 Å². The van der Waals surface area contributed by atoms with Crippen molar-refractivity contribution in [3.05, 3.63) is 43.0 Å². The van der Waals surface area contributed by atoms with Gasteiger partial charge in [-0.3, -0.25) is 9.36 Å². The Morgan fingerprint density at radius 3 is 2.83 bits per heavy atom. The maximum absolute atomic E-state index is 12.1. The van der Waals surface area contributed by atoms with Gasteiger partial charge in [0, 0.05) is 18.2 Å². The van der Waals surface area contributed by atoms with E-state index in [2.05, 4.69) is 29.0 Å². The number of thioether (sulfide) groups is 1. The van der Waals surface area contributed by atoms with Crippen LogP contribution in [0.1, 0.15) is 19.8 Å². The number of nitrogens with zero attached hydrogens (tertiary/aromatic N) is 3. The molecule has 1 amide bonds. The summed E-state index contributed by atoms with van der Waals surface area (Å²) in [6.45, 7) is 6.50. The van der Waals surface area contributed by atoms with Crippen LogP contribution in [-0.2, 0) is 11.3 Å². The van der Waals surface area contributed by atoms with Gasteiger partial charge in [0.1, 0.15) is 0 Å². The molecule has 1 aromatic carbocycles. The number of aromatic nitrogens is 3. The highest BCUT2D eigenvalue weighted by molar-refractivity contribution is 7.99. The van der Waals surface area contributed by atoms with Crippen molar-refractivity contribution in [2.24, 2.45) is 5.92 Å². The minimum atomic E-state index is 0.0498. The van der Waals surface area contributed by atoms with Crippen molar-refractivity contribution < 1.29 is 4.79 Å². The van der Waals surface area contributed by atoms with E-state index >= 15 is 0 Å². The molecule has 1 saturated carbocycles. The molecule has 1 aliphatic carbocycles. The topological polar surface area (TPSA) is 59.8 Å². The van der Waals surface area contributed by atoms with Crippen LogP contribution in [0.25, 0.3) is 11.4 Å². The van der Waals surface area contributed by atoms with Crippen LogP contribution >= 0.6 is 11.8 Å². The minimum absolute atomic E-state index is 0.0498. The van der Waals surface area contributed by atoms with Crippen LogP contribution in [-0.4, -0.2) is 32.5 Å². The average Bonchev–Trinajstić information content (AvgIpc) is 3.37. The second kappa shape index (κ2) is 7.66. The summed E-state index contributed by atoms with van der Waals surface area (Å²) in [5.41, 5.74) is 1.01. The van der Waals surface area contributed by atoms with Gasteiger partial charge in [-0.2, -0.15) is 0 Å². The third kappa shape index (κ3) is 4.06. The summed E-state index contributed by atoms with van der Waals surface area (Å²) in [6.07, 6.45) is 4.26. The molecule has 0 unspecified atom stereocenters. The van der Waals surface area contributed by atoms with Gasteiger partial charge < -0.3 is 5.32 Å². The number of benzene rings is 1. The van der Waals surface area contributed by atoms with Gasteiger partial charge in [-0.05, 0) is 25.7 Å². The lowest BCUT2D eigenvalue weighted by Gasteiger charge is -2.12. The number of nitrogens with one attached hydrogen (secondary N) is 1. The Hall–Kier alpha value is -2.08. The summed E-state index contributed by atoms with van der Waals surface area (Å²) in [5.74, 6) is 1.85. The standard InChI is InChI=1S/C18H22N4OS/c1-3-11-22-17(15-7-5-4-6-8-15)20-21-18(22)24-12-16(23)19-13(2)14-9-10-14/h3-8,13-14H,1,9-12H2,2H3,(H,19,23)/t13-/m1/s1. The monoisotopic (exact) mass is 342 g/mol. The van der Waals surface area contributed by atoms with Crippen LogP contribution in [0.15, 0.2) is 48.1 Å². The van der Waals surface area contributed by atoms with Gasteiger partial charge in [0.2, 0.25) is 5.91 Å². The van der Waals surface area contributed by atoms with Gasteiger partial charge in [-0.1, -0.05) is 48.2 Å². The summed E-state index contributed by atoms with van der Waals surface area (Å²) in [4.78, 5) is 12.1.